The molecule has 0 aliphatic heterocycles. The molecule has 1 rings (SSSR count). The first kappa shape index (κ1) is 54.3. The summed E-state index contributed by atoms with van der Waals surface area (Å²) < 4.78 is 33.8. The van der Waals surface area contributed by atoms with Gasteiger partial charge >= 0.3 is 11.9 Å². The average Bonchev–Trinajstić information content (AvgIpc) is 3.44. The minimum atomic E-state index is -4.70. The van der Waals surface area contributed by atoms with Crippen molar-refractivity contribution in [2.45, 2.75) is 154 Å². The third-order valence-corrected chi connectivity index (χ3v) is 10.9. The molecule has 0 radical (unpaired) electrons. The quantitative estimate of drug-likeness (QED) is 0.0206. The molecule has 12 nitrogen and oxygen atoms in total. The van der Waals surface area contributed by atoms with Crippen LogP contribution in [0.25, 0.3) is 0 Å². The van der Waals surface area contributed by atoms with Crippen LogP contribution in [-0.4, -0.2) is 98.2 Å². The molecule has 2 N–H and O–H groups in total. The first-order valence-corrected chi connectivity index (χ1v) is 23.6. The van der Waals surface area contributed by atoms with Gasteiger partial charge in [-0.1, -0.05) is 113 Å². The second-order valence-electron chi connectivity index (χ2n) is 16.5. The highest BCUT2D eigenvalue weighted by Crippen LogP contribution is 2.38. The van der Waals surface area contributed by atoms with Gasteiger partial charge in [-0.25, -0.2) is 0 Å². The van der Waals surface area contributed by atoms with E-state index < -0.39 is 50.6 Å². The normalized spacial score (nSPS) is 19.8. The molecule has 0 saturated heterocycles. The fraction of sp³-hybridized carbons (Fsp3) is 0.717. The number of ether oxygens (including phenoxy) is 2. The lowest BCUT2D eigenvalue weighted by Crippen LogP contribution is -2.37. The zero-order valence-electron chi connectivity index (χ0n) is 36.9. The summed E-state index contributed by atoms with van der Waals surface area (Å²) in [6.07, 6.45) is 31.9. The Labute approximate surface area is 356 Å². The van der Waals surface area contributed by atoms with Crippen molar-refractivity contribution in [1.29, 1.82) is 0 Å². The molecule has 1 aliphatic carbocycles. The number of hydrogen-bond acceptors (Lipinski definition) is 11. The maximum atomic E-state index is 12.7. The van der Waals surface area contributed by atoms with Crippen LogP contribution in [0.4, 0.5) is 0 Å². The van der Waals surface area contributed by atoms with Crippen LogP contribution in [0, 0.1) is 11.8 Å². The lowest BCUT2D eigenvalue weighted by Gasteiger charge is -2.28. The van der Waals surface area contributed by atoms with Crippen LogP contribution in [0.5, 0.6) is 0 Å². The summed E-state index contributed by atoms with van der Waals surface area (Å²) in [5.74, 6) is -1.81. The summed E-state index contributed by atoms with van der Waals surface area (Å²) in [5, 5.41) is 20.7. The molecule has 13 heteroatoms. The van der Waals surface area contributed by atoms with Gasteiger partial charge < -0.3 is 38.1 Å². The van der Waals surface area contributed by atoms with Gasteiger partial charge in [-0.05, 0) is 64.2 Å². The molecule has 0 aromatic rings. The Bertz CT molecular complexity index is 1350. The van der Waals surface area contributed by atoms with Crippen LogP contribution >= 0.6 is 7.82 Å². The Balaban J connectivity index is 2.52. The number of aliphatic hydroxyl groups excluding tert-OH is 2. The Kier molecular flexibility index (Phi) is 30.4. The fourth-order valence-corrected chi connectivity index (χ4v) is 7.08. The molecule has 1 saturated carbocycles. The molecule has 59 heavy (non-hydrogen) atoms. The molecule has 0 aromatic heterocycles. The van der Waals surface area contributed by atoms with Crippen molar-refractivity contribution in [3.63, 3.8) is 0 Å². The summed E-state index contributed by atoms with van der Waals surface area (Å²) in [5.41, 5.74) is 0. The minimum absolute atomic E-state index is 0.0317. The molecule has 338 valence electrons. The van der Waals surface area contributed by atoms with E-state index in [4.69, 9.17) is 18.5 Å². The number of unbranched alkanes of at least 4 members (excludes halogenated alkanes) is 8. The van der Waals surface area contributed by atoms with Gasteiger partial charge in [0.05, 0.1) is 40.0 Å². The van der Waals surface area contributed by atoms with E-state index in [-0.39, 0.29) is 44.2 Å². The summed E-state index contributed by atoms with van der Waals surface area (Å²) in [6.45, 7) is 3.66. The first-order chi connectivity index (χ1) is 28.2. The van der Waals surface area contributed by atoms with Crippen LogP contribution in [0.3, 0.4) is 0 Å². The Hall–Kier alpha value is -2.70. The zero-order valence-corrected chi connectivity index (χ0v) is 37.8. The van der Waals surface area contributed by atoms with Crippen molar-refractivity contribution in [2.75, 3.05) is 47.5 Å². The molecular weight excluding hydrogens is 773 g/mol. The van der Waals surface area contributed by atoms with Crippen LogP contribution < -0.4 is 4.89 Å². The number of rotatable bonds is 35. The third-order valence-electron chi connectivity index (χ3n) is 9.90. The maximum Gasteiger partial charge on any atom is 0.306 e. The van der Waals surface area contributed by atoms with E-state index in [1.165, 1.54) is 0 Å². The predicted octanol–water partition coefficient (Wildman–Crippen LogP) is 8.42. The first-order valence-electron chi connectivity index (χ1n) is 22.1. The van der Waals surface area contributed by atoms with Crippen LogP contribution in [0.1, 0.15) is 136 Å². The van der Waals surface area contributed by atoms with Crippen LogP contribution in [-0.2, 0) is 37.5 Å². The number of hydrogen-bond donors (Lipinski definition) is 2. The number of carbonyl (C=O) groups is 3. The maximum absolute atomic E-state index is 12.7. The van der Waals surface area contributed by atoms with Crippen molar-refractivity contribution in [3.8, 4) is 0 Å². The van der Waals surface area contributed by atoms with E-state index in [1.54, 1.807) is 12.2 Å². The lowest BCUT2D eigenvalue weighted by atomic mass is 9.90. The summed E-state index contributed by atoms with van der Waals surface area (Å²) >= 11 is 0. The number of likely N-dealkylation sites (N-methyl/N-ethyl adjacent to an activating group) is 1. The highest BCUT2D eigenvalue weighted by Gasteiger charge is 2.39. The molecule has 0 heterocycles. The Morgan fingerprint density at radius 3 is 2.19 bits per heavy atom. The number of allylic oxidation sites excluding steroid dienone is 9. The number of ketones is 1. The summed E-state index contributed by atoms with van der Waals surface area (Å²) in [6, 6.07) is 0. The van der Waals surface area contributed by atoms with Gasteiger partial charge in [0.2, 0.25) is 0 Å². The minimum Gasteiger partial charge on any atom is -0.756 e. The van der Waals surface area contributed by atoms with E-state index in [9.17, 15) is 34.1 Å². The number of esters is 2. The molecule has 1 unspecified atom stereocenters. The van der Waals surface area contributed by atoms with Gasteiger partial charge in [0.15, 0.2) is 6.10 Å². The van der Waals surface area contributed by atoms with Crippen molar-refractivity contribution in [1.82, 2.24) is 0 Å². The van der Waals surface area contributed by atoms with Crippen LogP contribution in [0.15, 0.2) is 60.8 Å². The van der Waals surface area contributed by atoms with Crippen molar-refractivity contribution >= 4 is 25.5 Å². The topological polar surface area (TPSA) is 169 Å². The predicted molar refractivity (Wildman–Crippen MR) is 232 cm³/mol. The lowest BCUT2D eigenvalue weighted by molar-refractivity contribution is -0.870. The third kappa shape index (κ3) is 30.1. The molecular formula is C46H78NO11P. The number of quaternary nitrogens is 1. The van der Waals surface area contributed by atoms with Gasteiger partial charge in [-0.15, -0.1) is 0 Å². The smallest absolute Gasteiger partial charge is 0.306 e. The average molecular weight is 852 g/mol. The second kappa shape index (κ2) is 33.0. The molecule has 1 fully saturated rings. The van der Waals surface area contributed by atoms with Gasteiger partial charge in [0.1, 0.15) is 25.5 Å². The van der Waals surface area contributed by atoms with Gasteiger partial charge in [0, 0.05) is 31.1 Å². The number of phosphoric ester groups is 1. The zero-order chi connectivity index (χ0) is 43.8. The van der Waals surface area contributed by atoms with Crippen LogP contribution in [0.2, 0.25) is 0 Å². The number of nitrogens with zero attached hydrogens (tertiary/aromatic N) is 1. The number of Topliss-reactive ketones (excluding diaryl/α,β-unsaturated/α-hetero) is 1. The molecule has 1 aliphatic rings. The van der Waals surface area contributed by atoms with Crippen molar-refractivity contribution < 1.29 is 57.1 Å². The molecule has 6 atom stereocenters. The molecule has 0 aromatic carbocycles. The van der Waals surface area contributed by atoms with Crippen molar-refractivity contribution in [3.05, 3.63) is 60.8 Å². The SMILES string of the molecule is CC/C=C\C/C=C\C/C=C\CCCCCCCC(=O)O[C@H](COC(=O)CCC/C=C\C[C@H]1[C@@H](O)CC(=O)[C@@H]1/C=C/[C@@H](O)CCCCC)COP(=O)([O-])OCC[N+](C)(C)C. The highest BCUT2D eigenvalue weighted by atomic mass is 31.2. The fourth-order valence-electron chi connectivity index (χ4n) is 6.35. The summed E-state index contributed by atoms with van der Waals surface area (Å²) in [7, 11) is 0.996. The monoisotopic (exact) mass is 852 g/mol. The highest BCUT2D eigenvalue weighted by molar-refractivity contribution is 7.45. The standard InChI is InChI=1S/C46H78NO11P/c1-6-8-10-11-12-13-14-15-16-17-18-19-20-21-27-31-46(52)58-40(38-57-59(53,54)56-35-34-47(3,4)5)37-55-45(51)30-26-23-22-25-29-41-42(44(50)36-43(41)49)33-32-39(48)28-24-9-7-2/h8,10,12-13,15-16,22,25,32-33,39-43,48-49H,6-7,9,11,14,17-21,23-24,26-31,34-38H2,1-5H3/b10-8-,13-12-,16-15-,25-22-,33-32+/t39-,40+,41+,42+,43-/m0/s1. The number of phosphoric acid groups is 1. The second-order valence-corrected chi connectivity index (χ2v) is 17.9. The molecule has 0 amide bonds. The molecule has 0 bridgehead atoms. The van der Waals surface area contributed by atoms with E-state index in [1.807, 2.05) is 33.3 Å². The number of carbonyl (C=O) groups excluding carboxylic acids is 3. The van der Waals surface area contributed by atoms with E-state index in [0.717, 1.165) is 70.6 Å². The van der Waals surface area contributed by atoms with E-state index in [0.29, 0.717) is 43.1 Å². The summed E-state index contributed by atoms with van der Waals surface area (Å²) in [4.78, 5) is 50.2. The van der Waals surface area contributed by atoms with E-state index in [2.05, 4.69) is 50.3 Å². The van der Waals surface area contributed by atoms with Crippen molar-refractivity contribution in [2.24, 2.45) is 11.8 Å². The number of aliphatic hydroxyl groups is 2. The van der Waals surface area contributed by atoms with Gasteiger partial charge in [0.25, 0.3) is 7.82 Å². The van der Waals surface area contributed by atoms with Gasteiger partial charge in [-0.2, -0.15) is 0 Å². The van der Waals surface area contributed by atoms with E-state index >= 15 is 0 Å². The largest absolute Gasteiger partial charge is 0.756 e. The Morgan fingerprint density at radius 2 is 1.47 bits per heavy atom. The van der Waals surface area contributed by atoms with Gasteiger partial charge in [-0.3, -0.25) is 18.9 Å². The Morgan fingerprint density at radius 1 is 0.831 bits per heavy atom. The molecule has 0 spiro atoms.